The fraction of sp³-hybridized carbons (Fsp3) is 0.667. The Morgan fingerprint density at radius 1 is 1.88 bits per heavy atom. The van der Waals surface area contributed by atoms with E-state index in [1.807, 2.05) is 0 Å². The zero-order chi connectivity index (χ0) is 5.98. The van der Waals surface area contributed by atoms with Gasteiger partial charge in [0.2, 0.25) is 0 Å². The van der Waals surface area contributed by atoms with Crippen LogP contribution < -0.4 is 0 Å². The number of nitrogens with zero attached hydrogens (tertiary/aromatic N) is 2. The number of rotatable bonds is 1. The molecule has 0 aromatic heterocycles. The molecular weight excluding hydrogens is 128 g/mol. The van der Waals surface area contributed by atoms with E-state index in [2.05, 4.69) is 9.63 Å². The van der Waals surface area contributed by atoms with E-state index in [0.717, 1.165) is 0 Å². The molecule has 1 atom stereocenters. The predicted octanol–water partition coefficient (Wildman–Crippen LogP) is 0.554. The van der Waals surface area contributed by atoms with Crippen LogP contribution >= 0.6 is 11.9 Å². The SMILES string of the molecule is O=C(O)C1CSN=N1. The summed E-state index contributed by atoms with van der Waals surface area (Å²) in [6.07, 6.45) is 0. The van der Waals surface area contributed by atoms with Gasteiger partial charge in [0.05, 0.1) is 5.75 Å². The topological polar surface area (TPSA) is 62.0 Å². The van der Waals surface area contributed by atoms with Crippen LogP contribution in [0.1, 0.15) is 0 Å². The minimum Gasteiger partial charge on any atom is -0.480 e. The summed E-state index contributed by atoms with van der Waals surface area (Å²) in [5.74, 6) is -0.409. The van der Waals surface area contributed by atoms with Gasteiger partial charge >= 0.3 is 5.97 Å². The lowest BCUT2D eigenvalue weighted by Crippen LogP contribution is -2.16. The maximum atomic E-state index is 10.0. The van der Waals surface area contributed by atoms with Gasteiger partial charge in [0.25, 0.3) is 0 Å². The lowest BCUT2D eigenvalue weighted by Gasteiger charge is -1.90. The van der Waals surface area contributed by atoms with Gasteiger partial charge in [-0.3, -0.25) is 0 Å². The highest BCUT2D eigenvalue weighted by Gasteiger charge is 2.20. The number of aliphatic carboxylic acids is 1. The molecule has 1 unspecified atom stereocenters. The van der Waals surface area contributed by atoms with Crippen molar-refractivity contribution in [2.75, 3.05) is 5.75 Å². The number of carbonyl (C=O) groups is 1. The quantitative estimate of drug-likeness (QED) is 0.530. The van der Waals surface area contributed by atoms with E-state index < -0.39 is 12.0 Å². The Hall–Kier alpha value is -0.580. The van der Waals surface area contributed by atoms with Crippen molar-refractivity contribution in [3.8, 4) is 0 Å². The van der Waals surface area contributed by atoms with Crippen molar-refractivity contribution in [2.45, 2.75) is 6.04 Å². The molecule has 44 valence electrons. The number of carboxylic acid groups (broad SMARTS) is 1. The highest BCUT2D eigenvalue weighted by molar-refractivity contribution is 7.98. The molecule has 1 heterocycles. The van der Waals surface area contributed by atoms with Gasteiger partial charge in [-0.25, -0.2) is 4.79 Å². The summed E-state index contributed by atoms with van der Waals surface area (Å²) in [7, 11) is 0. The van der Waals surface area contributed by atoms with Gasteiger partial charge in [-0.1, -0.05) is 0 Å². The fourth-order valence-corrected chi connectivity index (χ4v) is 0.946. The summed E-state index contributed by atoms with van der Waals surface area (Å²) in [5.41, 5.74) is 0. The first-order valence-corrected chi connectivity index (χ1v) is 3.00. The molecule has 0 aromatic rings. The highest BCUT2D eigenvalue weighted by Crippen LogP contribution is 2.16. The third-order valence-electron chi connectivity index (χ3n) is 0.762. The number of hydrogen-bond donors (Lipinski definition) is 1. The van der Waals surface area contributed by atoms with Crippen LogP contribution in [0.3, 0.4) is 0 Å². The lowest BCUT2D eigenvalue weighted by molar-refractivity contribution is -0.137. The molecule has 0 saturated carbocycles. The van der Waals surface area contributed by atoms with Crippen molar-refractivity contribution < 1.29 is 9.90 Å². The van der Waals surface area contributed by atoms with Crippen molar-refractivity contribution in [1.82, 2.24) is 0 Å². The van der Waals surface area contributed by atoms with Gasteiger partial charge in [0.1, 0.15) is 0 Å². The molecule has 1 aliphatic heterocycles. The van der Waals surface area contributed by atoms with Crippen LogP contribution in [0.4, 0.5) is 0 Å². The Morgan fingerprint density at radius 2 is 2.62 bits per heavy atom. The van der Waals surface area contributed by atoms with Crippen LogP contribution in [-0.2, 0) is 4.79 Å². The fourth-order valence-electron chi connectivity index (χ4n) is 0.348. The van der Waals surface area contributed by atoms with E-state index >= 15 is 0 Å². The van der Waals surface area contributed by atoms with Crippen LogP contribution in [0.5, 0.6) is 0 Å². The minimum absolute atomic E-state index is 0.481. The van der Waals surface area contributed by atoms with E-state index in [-0.39, 0.29) is 0 Å². The van der Waals surface area contributed by atoms with E-state index in [1.165, 1.54) is 11.9 Å². The molecule has 0 aromatic carbocycles. The van der Waals surface area contributed by atoms with Gasteiger partial charge in [0, 0.05) is 11.9 Å². The molecule has 0 spiro atoms. The minimum atomic E-state index is -0.890. The molecule has 0 saturated heterocycles. The molecule has 1 aliphatic rings. The first-order chi connectivity index (χ1) is 3.80. The first-order valence-electron chi connectivity index (χ1n) is 2.05. The standard InChI is InChI=1S/C3H4N2O2S/c6-3(7)2-1-8-5-4-2/h2H,1H2,(H,6,7). The molecule has 0 fully saturated rings. The molecule has 0 radical (unpaired) electrons. The summed E-state index contributed by atoms with van der Waals surface area (Å²) >= 11 is 1.19. The first kappa shape index (κ1) is 5.55. The molecule has 0 amide bonds. The second-order valence-corrected chi connectivity index (χ2v) is 2.10. The van der Waals surface area contributed by atoms with Gasteiger partial charge in [-0.15, -0.1) is 4.52 Å². The van der Waals surface area contributed by atoms with Crippen molar-refractivity contribution in [3.63, 3.8) is 0 Å². The average molecular weight is 132 g/mol. The Balaban J connectivity index is 2.48. The molecule has 5 heteroatoms. The Morgan fingerprint density at radius 3 is 2.88 bits per heavy atom. The Labute approximate surface area is 50.1 Å². The summed E-state index contributed by atoms with van der Waals surface area (Å²) < 4.78 is 3.45. The van der Waals surface area contributed by atoms with E-state index in [0.29, 0.717) is 5.75 Å². The van der Waals surface area contributed by atoms with Crippen molar-refractivity contribution in [2.24, 2.45) is 9.63 Å². The van der Waals surface area contributed by atoms with Crippen molar-refractivity contribution >= 4 is 17.9 Å². The zero-order valence-corrected chi connectivity index (χ0v) is 4.76. The maximum Gasteiger partial charge on any atom is 0.331 e. The van der Waals surface area contributed by atoms with Crippen LogP contribution in [0.25, 0.3) is 0 Å². The lowest BCUT2D eigenvalue weighted by atomic mass is 10.4. The van der Waals surface area contributed by atoms with Crippen LogP contribution in [0, 0.1) is 0 Å². The van der Waals surface area contributed by atoms with Crippen LogP contribution in [0.2, 0.25) is 0 Å². The molecule has 8 heavy (non-hydrogen) atoms. The molecule has 1 rings (SSSR count). The summed E-state index contributed by atoms with van der Waals surface area (Å²) in [6, 6.07) is -0.597. The monoisotopic (exact) mass is 132 g/mol. The van der Waals surface area contributed by atoms with E-state index in [1.54, 1.807) is 0 Å². The normalized spacial score (nSPS) is 26.2. The predicted molar refractivity (Wildman–Crippen MR) is 28.7 cm³/mol. The van der Waals surface area contributed by atoms with Gasteiger partial charge in [-0.05, 0) is 0 Å². The molecule has 0 bridgehead atoms. The Bertz CT molecular complexity index is 135. The largest absolute Gasteiger partial charge is 0.480 e. The summed E-state index contributed by atoms with van der Waals surface area (Å²) in [5, 5.41) is 11.7. The molecule has 0 aliphatic carbocycles. The van der Waals surface area contributed by atoms with Crippen molar-refractivity contribution in [1.29, 1.82) is 0 Å². The molecule has 1 N–H and O–H groups in total. The number of hydrogen-bond acceptors (Lipinski definition) is 4. The third-order valence-corrected chi connectivity index (χ3v) is 1.44. The van der Waals surface area contributed by atoms with Crippen LogP contribution in [0.15, 0.2) is 9.63 Å². The maximum absolute atomic E-state index is 10.0. The van der Waals surface area contributed by atoms with Gasteiger partial charge in [0.15, 0.2) is 6.04 Å². The van der Waals surface area contributed by atoms with Gasteiger partial charge in [-0.2, -0.15) is 5.11 Å². The Kier molecular flexibility index (Phi) is 1.48. The smallest absolute Gasteiger partial charge is 0.331 e. The van der Waals surface area contributed by atoms with Crippen LogP contribution in [-0.4, -0.2) is 22.9 Å². The number of carboxylic acids is 1. The second kappa shape index (κ2) is 2.13. The van der Waals surface area contributed by atoms with Crippen molar-refractivity contribution in [3.05, 3.63) is 0 Å². The average Bonchev–Trinajstić information content (AvgIpc) is 2.12. The zero-order valence-electron chi connectivity index (χ0n) is 3.94. The summed E-state index contributed by atoms with van der Waals surface area (Å²) in [6.45, 7) is 0. The van der Waals surface area contributed by atoms with E-state index in [4.69, 9.17) is 5.11 Å². The molecular formula is C3H4N2O2S. The molecule has 4 nitrogen and oxygen atoms in total. The summed E-state index contributed by atoms with van der Waals surface area (Å²) in [4.78, 5) is 10.0. The highest BCUT2D eigenvalue weighted by atomic mass is 32.2. The van der Waals surface area contributed by atoms with E-state index in [9.17, 15) is 4.79 Å². The van der Waals surface area contributed by atoms with Gasteiger partial charge < -0.3 is 5.11 Å². The second-order valence-electron chi connectivity index (χ2n) is 1.35. The third kappa shape index (κ3) is 0.975.